The zero-order valence-electron chi connectivity index (χ0n) is 7.28. The van der Waals surface area contributed by atoms with Gasteiger partial charge in [0.1, 0.15) is 6.04 Å². The van der Waals surface area contributed by atoms with Gasteiger partial charge in [-0.25, -0.2) is 0 Å². The van der Waals surface area contributed by atoms with E-state index in [1.165, 1.54) is 0 Å². The van der Waals surface area contributed by atoms with E-state index in [2.05, 4.69) is 5.32 Å². The number of carboxylic acids is 1. The summed E-state index contributed by atoms with van der Waals surface area (Å²) in [5, 5.41) is 22.1. The lowest BCUT2D eigenvalue weighted by atomic mass is 10.0. The molecule has 0 bridgehead atoms. The fourth-order valence-corrected chi connectivity index (χ4v) is 1.63. The molecule has 1 aromatic carbocycles. The number of carbonyl (C=O) groups is 1. The van der Waals surface area contributed by atoms with Crippen molar-refractivity contribution in [2.45, 2.75) is 12.6 Å². The minimum atomic E-state index is -0.924. The molecule has 3 N–H and O–H groups in total. The highest BCUT2D eigenvalue weighted by Gasteiger charge is 2.27. The lowest BCUT2D eigenvalue weighted by Crippen LogP contribution is -2.21. The van der Waals surface area contributed by atoms with Gasteiger partial charge in [0.05, 0.1) is 0 Å². The van der Waals surface area contributed by atoms with Crippen molar-refractivity contribution in [2.75, 3.05) is 5.48 Å². The standard InChI is InChI=1S/C9H9N2O3/c12-9(13)8-7-3-6(11-14)2-1-5(7)4-10-8/h1-3,8,10-11H,4H2,(H,12,13)/q-1/t8-/m0/s1. The molecule has 2 rings (SSSR count). The van der Waals surface area contributed by atoms with Crippen LogP contribution in [0.4, 0.5) is 5.69 Å². The van der Waals surface area contributed by atoms with Gasteiger partial charge in [-0.3, -0.25) is 10.1 Å². The van der Waals surface area contributed by atoms with Crippen molar-refractivity contribution in [3.8, 4) is 0 Å². The Kier molecular flexibility index (Phi) is 2.11. The average Bonchev–Trinajstić information content (AvgIpc) is 2.59. The van der Waals surface area contributed by atoms with E-state index in [0.717, 1.165) is 5.56 Å². The van der Waals surface area contributed by atoms with Crippen LogP contribution in [-0.4, -0.2) is 11.1 Å². The summed E-state index contributed by atoms with van der Waals surface area (Å²) in [6.07, 6.45) is 0. The SMILES string of the molecule is O=C(O)[C@H]1NCc2ccc(N[O-])cc21. The van der Waals surface area contributed by atoms with Crippen LogP contribution in [0.5, 0.6) is 0 Å². The number of fused-ring (bicyclic) bond motifs is 1. The average molecular weight is 193 g/mol. The number of benzene rings is 1. The smallest absolute Gasteiger partial charge is 0.325 e. The zero-order valence-corrected chi connectivity index (χ0v) is 7.28. The van der Waals surface area contributed by atoms with Crippen molar-refractivity contribution < 1.29 is 9.90 Å². The first-order valence-electron chi connectivity index (χ1n) is 4.19. The molecular weight excluding hydrogens is 184 g/mol. The van der Waals surface area contributed by atoms with Crippen LogP contribution in [-0.2, 0) is 11.3 Å². The highest BCUT2D eigenvalue weighted by molar-refractivity contribution is 5.78. The summed E-state index contributed by atoms with van der Waals surface area (Å²) < 4.78 is 0. The Morgan fingerprint density at radius 2 is 2.43 bits per heavy atom. The molecule has 0 fully saturated rings. The molecule has 14 heavy (non-hydrogen) atoms. The molecule has 1 atom stereocenters. The van der Waals surface area contributed by atoms with Crippen LogP contribution < -0.4 is 10.8 Å². The summed E-state index contributed by atoms with van der Waals surface area (Å²) in [7, 11) is 0. The van der Waals surface area contributed by atoms with Crippen LogP contribution in [0.25, 0.3) is 0 Å². The van der Waals surface area contributed by atoms with E-state index in [1.807, 2.05) is 0 Å². The Bertz CT molecular complexity index is 378. The fourth-order valence-electron chi connectivity index (χ4n) is 1.63. The summed E-state index contributed by atoms with van der Waals surface area (Å²) >= 11 is 0. The van der Waals surface area contributed by atoms with E-state index < -0.39 is 12.0 Å². The second kappa shape index (κ2) is 3.28. The lowest BCUT2D eigenvalue weighted by Gasteiger charge is -2.12. The summed E-state index contributed by atoms with van der Waals surface area (Å²) in [6, 6.07) is 4.27. The third-order valence-corrected chi connectivity index (χ3v) is 2.32. The fraction of sp³-hybridized carbons (Fsp3) is 0.222. The normalized spacial score (nSPS) is 19.1. The summed E-state index contributed by atoms with van der Waals surface area (Å²) in [5.74, 6) is -0.924. The molecule has 74 valence electrons. The van der Waals surface area contributed by atoms with Gasteiger partial charge in [-0.15, -0.1) is 0 Å². The third-order valence-electron chi connectivity index (χ3n) is 2.32. The van der Waals surface area contributed by atoms with E-state index >= 15 is 0 Å². The Labute approximate surface area is 80.3 Å². The molecular formula is C9H9N2O3-. The van der Waals surface area contributed by atoms with Gasteiger partial charge in [0.15, 0.2) is 0 Å². The van der Waals surface area contributed by atoms with Gasteiger partial charge >= 0.3 is 5.97 Å². The molecule has 0 radical (unpaired) electrons. The Hall–Kier alpha value is -1.59. The number of carboxylic acid groups (broad SMARTS) is 1. The van der Waals surface area contributed by atoms with Gasteiger partial charge < -0.3 is 15.8 Å². The molecule has 0 unspecified atom stereocenters. The second-order valence-electron chi connectivity index (χ2n) is 3.17. The molecule has 1 aromatic rings. The maximum Gasteiger partial charge on any atom is 0.325 e. The largest absolute Gasteiger partial charge is 0.761 e. The molecule has 0 aromatic heterocycles. The van der Waals surface area contributed by atoms with Crippen LogP contribution in [0.1, 0.15) is 17.2 Å². The van der Waals surface area contributed by atoms with E-state index in [-0.39, 0.29) is 0 Å². The topological polar surface area (TPSA) is 84.4 Å². The minimum absolute atomic E-state index is 0.388. The quantitative estimate of drug-likeness (QED) is 0.605. The highest BCUT2D eigenvalue weighted by atomic mass is 16.5. The molecule has 0 spiro atoms. The van der Waals surface area contributed by atoms with Crippen molar-refractivity contribution in [1.82, 2.24) is 5.32 Å². The van der Waals surface area contributed by atoms with Crippen LogP contribution in [0, 0.1) is 5.21 Å². The van der Waals surface area contributed by atoms with Gasteiger partial charge in [-0.05, 0) is 23.3 Å². The van der Waals surface area contributed by atoms with E-state index in [4.69, 9.17) is 5.11 Å². The molecule has 0 saturated heterocycles. The van der Waals surface area contributed by atoms with Crippen molar-refractivity contribution in [1.29, 1.82) is 0 Å². The molecule has 5 heteroatoms. The van der Waals surface area contributed by atoms with Crippen molar-refractivity contribution in [2.24, 2.45) is 0 Å². The number of nitrogens with one attached hydrogen (secondary N) is 2. The molecule has 5 nitrogen and oxygen atoms in total. The van der Waals surface area contributed by atoms with Crippen LogP contribution in [0.15, 0.2) is 18.2 Å². The third kappa shape index (κ3) is 1.32. The van der Waals surface area contributed by atoms with Gasteiger partial charge in [-0.1, -0.05) is 6.07 Å². The summed E-state index contributed by atoms with van der Waals surface area (Å²) in [4.78, 5) is 10.8. The van der Waals surface area contributed by atoms with E-state index in [9.17, 15) is 10.0 Å². The number of aliphatic carboxylic acids is 1. The summed E-state index contributed by atoms with van der Waals surface area (Å²) in [6.45, 7) is 0.533. The number of anilines is 1. The Morgan fingerprint density at radius 3 is 3.07 bits per heavy atom. The predicted molar refractivity (Wildman–Crippen MR) is 50.6 cm³/mol. The molecule has 0 saturated carbocycles. The van der Waals surface area contributed by atoms with E-state index in [1.54, 1.807) is 23.7 Å². The molecule has 0 amide bonds. The number of hydrogen-bond donors (Lipinski definition) is 3. The maximum absolute atomic E-state index is 10.8. The lowest BCUT2D eigenvalue weighted by molar-refractivity contribution is -0.139. The molecule has 0 aliphatic carbocycles. The maximum atomic E-state index is 10.8. The van der Waals surface area contributed by atoms with Crippen molar-refractivity contribution in [3.05, 3.63) is 34.5 Å². The second-order valence-corrected chi connectivity index (χ2v) is 3.17. The predicted octanol–water partition coefficient (Wildman–Crippen LogP) is 0.825. The van der Waals surface area contributed by atoms with Crippen molar-refractivity contribution in [3.63, 3.8) is 0 Å². The van der Waals surface area contributed by atoms with E-state index in [0.29, 0.717) is 17.8 Å². The number of hydrogen-bond acceptors (Lipinski definition) is 4. The van der Waals surface area contributed by atoms with Crippen LogP contribution in [0.3, 0.4) is 0 Å². The first-order chi connectivity index (χ1) is 6.72. The monoisotopic (exact) mass is 193 g/mol. The molecule has 1 aliphatic heterocycles. The molecule has 1 heterocycles. The molecule has 1 aliphatic rings. The Balaban J connectivity index is 2.41. The first kappa shape index (κ1) is 8.98. The number of rotatable bonds is 2. The van der Waals surface area contributed by atoms with Gasteiger partial charge in [0.25, 0.3) is 0 Å². The highest BCUT2D eigenvalue weighted by Crippen LogP contribution is 2.27. The first-order valence-corrected chi connectivity index (χ1v) is 4.19. The zero-order chi connectivity index (χ0) is 10.1. The van der Waals surface area contributed by atoms with Crippen molar-refractivity contribution >= 4 is 11.7 Å². The van der Waals surface area contributed by atoms with Crippen LogP contribution >= 0.6 is 0 Å². The van der Waals surface area contributed by atoms with Gasteiger partial charge in [0, 0.05) is 12.2 Å². The van der Waals surface area contributed by atoms with Gasteiger partial charge in [0.2, 0.25) is 0 Å². The summed E-state index contributed by atoms with van der Waals surface area (Å²) in [5.41, 5.74) is 3.73. The Morgan fingerprint density at radius 1 is 1.64 bits per heavy atom. The van der Waals surface area contributed by atoms with Gasteiger partial charge in [-0.2, -0.15) is 0 Å². The van der Waals surface area contributed by atoms with Crippen LogP contribution in [0.2, 0.25) is 0 Å². The minimum Gasteiger partial charge on any atom is -0.761 e.